The predicted octanol–water partition coefficient (Wildman–Crippen LogP) is 3.70. The average Bonchev–Trinajstić information content (AvgIpc) is 2.92. The molecule has 2 heterocycles. The van der Waals surface area contributed by atoms with Gasteiger partial charge in [-0.05, 0) is 18.2 Å². The SMILES string of the molecule is O=c1ccccn1-c1ccc(NCc2cnc(Cl)s2)c(F)c1. The number of rotatable bonds is 4. The molecule has 1 aromatic carbocycles. The third kappa shape index (κ3) is 3.18. The smallest absolute Gasteiger partial charge is 0.255 e. The van der Waals surface area contributed by atoms with Crippen LogP contribution in [-0.4, -0.2) is 9.55 Å². The topological polar surface area (TPSA) is 46.9 Å². The summed E-state index contributed by atoms with van der Waals surface area (Å²) < 4.78 is 16.0. The number of hydrogen-bond acceptors (Lipinski definition) is 4. The van der Waals surface area contributed by atoms with Crippen molar-refractivity contribution in [1.29, 1.82) is 0 Å². The van der Waals surface area contributed by atoms with Crippen LogP contribution in [0.15, 0.2) is 53.6 Å². The van der Waals surface area contributed by atoms with Crippen molar-refractivity contribution in [3.63, 3.8) is 0 Å². The van der Waals surface area contributed by atoms with E-state index in [9.17, 15) is 9.18 Å². The lowest BCUT2D eigenvalue weighted by atomic mass is 10.2. The predicted molar refractivity (Wildman–Crippen MR) is 86.4 cm³/mol. The van der Waals surface area contributed by atoms with E-state index in [1.807, 2.05) is 0 Å². The van der Waals surface area contributed by atoms with Gasteiger partial charge in [0, 0.05) is 29.4 Å². The molecule has 0 fully saturated rings. The molecule has 0 aliphatic carbocycles. The first kappa shape index (κ1) is 14.7. The van der Waals surface area contributed by atoms with Crippen molar-refractivity contribution >= 4 is 28.6 Å². The second-order valence-electron chi connectivity index (χ2n) is 4.51. The molecule has 0 aliphatic rings. The van der Waals surface area contributed by atoms with Gasteiger partial charge in [-0.15, -0.1) is 11.3 Å². The Morgan fingerprint density at radius 1 is 1.32 bits per heavy atom. The van der Waals surface area contributed by atoms with Gasteiger partial charge >= 0.3 is 0 Å². The zero-order chi connectivity index (χ0) is 15.5. The molecule has 0 radical (unpaired) electrons. The highest BCUT2D eigenvalue weighted by molar-refractivity contribution is 7.15. The Hall–Kier alpha value is -2.18. The summed E-state index contributed by atoms with van der Waals surface area (Å²) in [7, 11) is 0. The molecule has 0 amide bonds. The molecule has 2 aromatic heterocycles. The van der Waals surface area contributed by atoms with Crippen molar-refractivity contribution in [2.24, 2.45) is 0 Å². The number of nitrogens with zero attached hydrogens (tertiary/aromatic N) is 2. The molecule has 4 nitrogen and oxygen atoms in total. The van der Waals surface area contributed by atoms with Crippen molar-refractivity contribution < 1.29 is 4.39 Å². The van der Waals surface area contributed by atoms with Gasteiger partial charge in [-0.1, -0.05) is 17.7 Å². The normalized spacial score (nSPS) is 10.6. The summed E-state index contributed by atoms with van der Waals surface area (Å²) in [5.41, 5.74) is 0.633. The number of aromatic nitrogens is 2. The zero-order valence-electron chi connectivity index (χ0n) is 11.3. The third-order valence-corrected chi connectivity index (χ3v) is 4.15. The molecule has 3 rings (SSSR count). The van der Waals surface area contributed by atoms with E-state index in [0.29, 0.717) is 22.4 Å². The first-order valence-electron chi connectivity index (χ1n) is 6.45. The fraction of sp³-hybridized carbons (Fsp3) is 0.0667. The molecule has 0 saturated carbocycles. The maximum atomic E-state index is 14.2. The van der Waals surface area contributed by atoms with E-state index in [-0.39, 0.29) is 5.56 Å². The van der Waals surface area contributed by atoms with E-state index >= 15 is 0 Å². The molecular weight excluding hydrogens is 325 g/mol. The van der Waals surface area contributed by atoms with Gasteiger partial charge in [-0.3, -0.25) is 9.36 Å². The fourth-order valence-corrected chi connectivity index (χ4v) is 2.90. The molecular formula is C15H11ClFN3OS. The number of thiazole rings is 1. The number of hydrogen-bond donors (Lipinski definition) is 1. The second kappa shape index (κ2) is 6.29. The molecule has 0 aliphatic heterocycles. The molecule has 0 bridgehead atoms. The van der Waals surface area contributed by atoms with Crippen molar-refractivity contribution in [2.75, 3.05) is 5.32 Å². The lowest BCUT2D eigenvalue weighted by Crippen LogP contribution is -2.15. The van der Waals surface area contributed by atoms with Crippen molar-refractivity contribution in [3.05, 3.63) is 74.3 Å². The summed E-state index contributed by atoms with van der Waals surface area (Å²) in [6.07, 6.45) is 3.25. The second-order valence-corrected chi connectivity index (χ2v) is 6.20. The van der Waals surface area contributed by atoms with Crippen LogP contribution >= 0.6 is 22.9 Å². The molecule has 0 saturated heterocycles. The first-order chi connectivity index (χ1) is 10.6. The highest BCUT2D eigenvalue weighted by atomic mass is 35.5. The monoisotopic (exact) mass is 335 g/mol. The van der Waals surface area contributed by atoms with Crippen LogP contribution in [0.4, 0.5) is 10.1 Å². The fourth-order valence-electron chi connectivity index (χ4n) is 1.99. The minimum Gasteiger partial charge on any atom is -0.378 e. The van der Waals surface area contributed by atoms with Crippen LogP contribution in [0, 0.1) is 5.82 Å². The number of halogens is 2. The van der Waals surface area contributed by atoms with E-state index in [4.69, 9.17) is 11.6 Å². The Bertz CT molecular complexity index is 862. The van der Waals surface area contributed by atoms with Gasteiger partial charge in [-0.2, -0.15) is 0 Å². The minimum absolute atomic E-state index is 0.207. The lowest BCUT2D eigenvalue weighted by molar-refractivity contribution is 0.628. The standard InChI is InChI=1S/C15H11ClFN3OS/c16-15-19-9-11(22-15)8-18-13-5-4-10(7-12(13)17)20-6-2-1-3-14(20)21/h1-7,9,18H,8H2. The van der Waals surface area contributed by atoms with Gasteiger partial charge < -0.3 is 5.32 Å². The summed E-state index contributed by atoms with van der Waals surface area (Å²) in [5.74, 6) is -0.427. The molecule has 22 heavy (non-hydrogen) atoms. The largest absolute Gasteiger partial charge is 0.378 e. The number of pyridine rings is 1. The van der Waals surface area contributed by atoms with E-state index in [2.05, 4.69) is 10.3 Å². The van der Waals surface area contributed by atoms with E-state index in [1.54, 1.807) is 36.7 Å². The Morgan fingerprint density at radius 3 is 2.86 bits per heavy atom. The van der Waals surface area contributed by atoms with E-state index in [0.717, 1.165) is 4.88 Å². The lowest BCUT2D eigenvalue weighted by Gasteiger charge is -2.09. The maximum Gasteiger partial charge on any atom is 0.255 e. The van der Waals surface area contributed by atoms with Crippen LogP contribution in [-0.2, 0) is 6.54 Å². The Morgan fingerprint density at radius 2 is 2.18 bits per heavy atom. The molecule has 112 valence electrons. The summed E-state index contributed by atoms with van der Waals surface area (Å²) >= 11 is 7.09. The molecule has 1 N–H and O–H groups in total. The number of nitrogens with one attached hydrogen (secondary N) is 1. The molecule has 0 atom stereocenters. The van der Waals surface area contributed by atoms with Gasteiger partial charge in [0.15, 0.2) is 4.47 Å². The number of benzene rings is 1. The first-order valence-corrected chi connectivity index (χ1v) is 7.64. The summed E-state index contributed by atoms with van der Waals surface area (Å²) in [6.45, 7) is 0.436. The van der Waals surface area contributed by atoms with Gasteiger partial charge in [0.1, 0.15) is 5.82 Å². The van der Waals surface area contributed by atoms with Gasteiger partial charge in [0.2, 0.25) is 0 Å². The van der Waals surface area contributed by atoms with Gasteiger partial charge in [-0.25, -0.2) is 9.37 Å². The van der Waals surface area contributed by atoms with Crippen LogP contribution in [0.25, 0.3) is 5.69 Å². The van der Waals surface area contributed by atoms with E-state index < -0.39 is 5.82 Å². The number of anilines is 1. The summed E-state index contributed by atoms with van der Waals surface area (Å²) in [6, 6.07) is 9.41. The van der Waals surface area contributed by atoms with E-state index in [1.165, 1.54) is 28.0 Å². The minimum atomic E-state index is -0.427. The van der Waals surface area contributed by atoms with Gasteiger partial charge in [0.25, 0.3) is 5.56 Å². The zero-order valence-corrected chi connectivity index (χ0v) is 12.9. The highest BCUT2D eigenvalue weighted by Crippen LogP contribution is 2.21. The molecule has 7 heteroatoms. The summed E-state index contributed by atoms with van der Waals surface area (Å²) in [5, 5.41) is 2.99. The van der Waals surface area contributed by atoms with Crippen LogP contribution in [0.3, 0.4) is 0 Å². The summed E-state index contributed by atoms with van der Waals surface area (Å²) in [4.78, 5) is 16.6. The third-order valence-electron chi connectivity index (χ3n) is 3.03. The van der Waals surface area contributed by atoms with Gasteiger partial charge in [0.05, 0.1) is 17.9 Å². The van der Waals surface area contributed by atoms with Crippen molar-refractivity contribution in [3.8, 4) is 5.69 Å². The molecule has 3 aromatic rings. The molecule has 0 spiro atoms. The van der Waals surface area contributed by atoms with Crippen LogP contribution in [0.1, 0.15) is 4.88 Å². The Labute approximate surface area is 134 Å². The average molecular weight is 336 g/mol. The Balaban J connectivity index is 1.80. The maximum absolute atomic E-state index is 14.2. The van der Waals surface area contributed by atoms with Crippen LogP contribution in [0.2, 0.25) is 4.47 Å². The quantitative estimate of drug-likeness (QED) is 0.790. The molecule has 0 unspecified atom stereocenters. The highest BCUT2D eigenvalue weighted by Gasteiger charge is 2.06. The van der Waals surface area contributed by atoms with Crippen molar-refractivity contribution in [1.82, 2.24) is 9.55 Å². The van der Waals surface area contributed by atoms with Crippen LogP contribution < -0.4 is 10.9 Å². The van der Waals surface area contributed by atoms with Crippen LogP contribution in [0.5, 0.6) is 0 Å². The Kier molecular flexibility index (Phi) is 4.22. The van der Waals surface area contributed by atoms with Crippen molar-refractivity contribution in [2.45, 2.75) is 6.54 Å².